The van der Waals surface area contributed by atoms with E-state index >= 15 is 0 Å². The van der Waals surface area contributed by atoms with Gasteiger partial charge in [0.25, 0.3) is 5.56 Å². The summed E-state index contributed by atoms with van der Waals surface area (Å²) in [5.74, 6) is -0.618. The number of hydrogen-bond donors (Lipinski definition) is 1. The molecule has 0 aliphatic carbocycles. The molecule has 0 fully saturated rings. The molecule has 0 amide bonds. The molecule has 0 spiro atoms. The lowest BCUT2D eigenvalue weighted by atomic mass is 10.00. The highest BCUT2D eigenvalue weighted by molar-refractivity contribution is 7.07. The highest BCUT2D eigenvalue weighted by Gasteiger charge is 2.29. The number of allylic oxidation sites excluding steroid dienone is 1. The van der Waals surface area contributed by atoms with Crippen LogP contribution in [0.4, 0.5) is 0 Å². The van der Waals surface area contributed by atoms with Crippen LogP contribution in [0.2, 0.25) is 10.0 Å². The third kappa shape index (κ3) is 4.13. The second kappa shape index (κ2) is 8.73. The summed E-state index contributed by atoms with van der Waals surface area (Å²) >= 11 is 13.2. The average molecular weight is 455 g/mol. The highest BCUT2D eigenvalue weighted by Crippen LogP contribution is 2.31. The van der Waals surface area contributed by atoms with E-state index < -0.39 is 5.97 Å². The largest absolute Gasteiger partial charge is 0.506 e. The molecule has 3 rings (SSSR count). The predicted molar refractivity (Wildman–Crippen MR) is 115 cm³/mol. The maximum absolute atomic E-state index is 13.0. The Morgan fingerprint density at radius 1 is 1.38 bits per heavy atom. The fourth-order valence-corrected chi connectivity index (χ4v) is 4.79. The van der Waals surface area contributed by atoms with Gasteiger partial charge in [0.2, 0.25) is 0 Å². The molecule has 1 atom stereocenters. The SMILES string of the molecule is CCC[C@H]1N=c2s/c(=C\c3cc(Cl)cc(Cl)c3O)c(=O)n2C(C)=C1C(=O)OCC. The van der Waals surface area contributed by atoms with Crippen LogP contribution in [0.15, 0.2) is 27.5 Å². The molecule has 1 aliphatic heterocycles. The number of phenolic OH excluding ortho intramolecular Hbond substituents is 1. The van der Waals surface area contributed by atoms with Gasteiger partial charge in [-0.3, -0.25) is 9.36 Å². The minimum Gasteiger partial charge on any atom is -0.506 e. The number of thiazole rings is 1. The third-order valence-electron chi connectivity index (χ3n) is 4.53. The Balaban J connectivity index is 2.24. The number of phenols is 1. The number of rotatable bonds is 5. The van der Waals surface area contributed by atoms with Crippen molar-refractivity contribution < 1.29 is 14.6 Å². The second-order valence-electron chi connectivity index (χ2n) is 6.51. The van der Waals surface area contributed by atoms with Gasteiger partial charge in [-0.05, 0) is 38.5 Å². The average Bonchev–Trinajstić information content (AvgIpc) is 2.95. The zero-order valence-electron chi connectivity index (χ0n) is 16.2. The van der Waals surface area contributed by atoms with Gasteiger partial charge in [-0.15, -0.1) is 0 Å². The normalized spacial score (nSPS) is 16.6. The van der Waals surface area contributed by atoms with Crippen molar-refractivity contribution in [2.24, 2.45) is 4.99 Å². The molecule has 0 unspecified atom stereocenters. The Hall–Kier alpha value is -2.09. The van der Waals surface area contributed by atoms with Crippen LogP contribution >= 0.6 is 34.5 Å². The van der Waals surface area contributed by atoms with E-state index in [9.17, 15) is 14.7 Å². The summed E-state index contributed by atoms with van der Waals surface area (Å²) in [6.07, 6.45) is 3.02. The summed E-state index contributed by atoms with van der Waals surface area (Å²) in [6.45, 7) is 5.71. The van der Waals surface area contributed by atoms with Crippen LogP contribution in [-0.2, 0) is 9.53 Å². The van der Waals surface area contributed by atoms with Gasteiger partial charge in [0.05, 0.1) is 27.8 Å². The monoisotopic (exact) mass is 454 g/mol. The van der Waals surface area contributed by atoms with Crippen LogP contribution in [-0.4, -0.2) is 28.3 Å². The lowest BCUT2D eigenvalue weighted by Crippen LogP contribution is -2.37. The lowest BCUT2D eigenvalue weighted by Gasteiger charge is -2.21. The summed E-state index contributed by atoms with van der Waals surface area (Å²) in [4.78, 5) is 30.7. The minimum atomic E-state index is -0.458. The number of aromatic hydroxyl groups is 1. The van der Waals surface area contributed by atoms with E-state index in [1.807, 2.05) is 6.92 Å². The fourth-order valence-electron chi connectivity index (χ4n) is 3.23. The van der Waals surface area contributed by atoms with E-state index in [2.05, 4.69) is 4.99 Å². The van der Waals surface area contributed by atoms with Crippen LogP contribution in [0, 0.1) is 0 Å². The third-order valence-corrected chi connectivity index (χ3v) is 6.02. The summed E-state index contributed by atoms with van der Waals surface area (Å²) in [5.41, 5.74) is 0.914. The van der Waals surface area contributed by atoms with Crippen molar-refractivity contribution >= 4 is 52.3 Å². The Morgan fingerprint density at radius 2 is 2.10 bits per heavy atom. The number of benzene rings is 1. The molecule has 2 heterocycles. The molecule has 1 aromatic heterocycles. The van der Waals surface area contributed by atoms with E-state index in [0.29, 0.717) is 37.6 Å². The molecular formula is C20H20Cl2N2O4S. The first kappa shape index (κ1) is 21.6. The number of carbonyl (C=O) groups is 1. The minimum absolute atomic E-state index is 0.0959. The first-order chi connectivity index (χ1) is 13.8. The second-order valence-corrected chi connectivity index (χ2v) is 8.37. The Kier molecular flexibility index (Phi) is 6.51. The molecule has 2 aromatic rings. The molecule has 9 heteroatoms. The molecule has 0 radical (unpaired) electrons. The smallest absolute Gasteiger partial charge is 0.337 e. The quantitative estimate of drug-likeness (QED) is 0.702. The van der Waals surface area contributed by atoms with Gasteiger partial charge in [0, 0.05) is 16.3 Å². The molecule has 1 aliphatic rings. The summed E-state index contributed by atoms with van der Waals surface area (Å²) < 4.78 is 6.95. The van der Waals surface area contributed by atoms with E-state index in [-0.39, 0.29) is 29.0 Å². The van der Waals surface area contributed by atoms with Crippen molar-refractivity contribution in [3.63, 3.8) is 0 Å². The van der Waals surface area contributed by atoms with Gasteiger partial charge in [-0.25, -0.2) is 9.79 Å². The van der Waals surface area contributed by atoms with E-state index in [1.165, 1.54) is 34.1 Å². The molecule has 154 valence electrons. The lowest BCUT2D eigenvalue weighted by molar-refractivity contribution is -0.138. The number of aromatic nitrogens is 1. The number of nitrogens with zero attached hydrogens (tertiary/aromatic N) is 2. The van der Waals surface area contributed by atoms with Gasteiger partial charge in [-0.2, -0.15) is 0 Å². The van der Waals surface area contributed by atoms with Crippen LogP contribution in [0.3, 0.4) is 0 Å². The van der Waals surface area contributed by atoms with Crippen molar-refractivity contribution in [2.75, 3.05) is 6.61 Å². The highest BCUT2D eigenvalue weighted by atomic mass is 35.5. The Bertz CT molecular complexity index is 1180. The van der Waals surface area contributed by atoms with Crippen molar-refractivity contribution in [2.45, 2.75) is 39.7 Å². The van der Waals surface area contributed by atoms with Gasteiger partial charge in [-0.1, -0.05) is 47.9 Å². The summed E-state index contributed by atoms with van der Waals surface area (Å²) in [7, 11) is 0. The van der Waals surface area contributed by atoms with Crippen LogP contribution in [0.5, 0.6) is 5.75 Å². The number of halogens is 2. The number of fused-ring (bicyclic) bond motifs is 1. The number of ether oxygens (including phenoxy) is 1. The molecular weight excluding hydrogens is 435 g/mol. The molecule has 1 N–H and O–H groups in total. The van der Waals surface area contributed by atoms with Crippen LogP contribution in [0.25, 0.3) is 11.8 Å². The Labute approximate surface area is 181 Å². The van der Waals surface area contributed by atoms with Gasteiger partial charge >= 0.3 is 5.97 Å². The maximum Gasteiger partial charge on any atom is 0.337 e. The zero-order valence-corrected chi connectivity index (χ0v) is 18.5. The maximum atomic E-state index is 13.0. The van der Waals surface area contributed by atoms with E-state index in [0.717, 1.165) is 6.42 Å². The molecule has 0 saturated heterocycles. The van der Waals surface area contributed by atoms with Gasteiger partial charge in [0.15, 0.2) is 4.80 Å². The first-order valence-corrected chi connectivity index (χ1v) is 10.7. The van der Waals surface area contributed by atoms with Crippen molar-refractivity contribution in [3.05, 3.63) is 53.0 Å². The zero-order chi connectivity index (χ0) is 21.3. The van der Waals surface area contributed by atoms with Crippen LogP contribution < -0.4 is 14.9 Å². The molecule has 0 bridgehead atoms. The predicted octanol–water partition coefficient (Wildman–Crippen LogP) is 3.35. The molecule has 0 saturated carbocycles. The summed E-state index contributed by atoms with van der Waals surface area (Å²) in [5, 5.41) is 10.6. The standard InChI is InChI=1S/C20H20Cl2N2O4S/c1-4-6-14-16(19(27)28-5-2)10(3)24-18(26)15(29-20(24)23-14)8-11-7-12(21)9-13(22)17(11)25/h7-9,14,25H,4-6H2,1-3H3/b15-8-/t14-/m1/s1. The molecule has 29 heavy (non-hydrogen) atoms. The number of esters is 1. The van der Waals surface area contributed by atoms with E-state index in [4.69, 9.17) is 27.9 Å². The van der Waals surface area contributed by atoms with Crippen molar-refractivity contribution in [1.29, 1.82) is 0 Å². The van der Waals surface area contributed by atoms with Gasteiger partial charge in [0.1, 0.15) is 5.75 Å². The summed E-state index contributed by atoms with van der Waals surface area (Å²) in [6, 6.07) is 2.58. The molecule has 6 nitrogen and oxygen atoms in total. The van der Waals surface area contributed by atoms with Crippen LogP contribution in [0.1, 0.15) is 39.2 Å². The number of carbonyl (C=O) groups excluding carboxylic acids is 1. The van der Waals surface area contributed by atoms with E-state index in [1.54, 1.807) is 13.8 Å². The Morgan fingerprint density at radius 3 is 2.76 bits per heavy atom. The number of hydrogen-bond acceptors (Lipinski definition) is 6. The van der Waals surface area contributed by atoms with Crippen molar-refractivity contribution in [1.82, 2.24) is 4.57 Å². The first-order valence-electron chi connectivity index (χ1n) is 9.16. The fraction of sp³-hybridized carbons (Fsp3) is 0.350. The molecule has 1 aromatic carbocycles. The van der Waals surface area contributed by atoms with Crippen molar-refractivity contribution in [3.8, 4) is 5.75 Å². The van der Waals surface area contributed by atoms with Gasteiger partial charge < -0.3 is 9.84 Å². The topological polar surface area (TPSA) is 80.9 Å².